The molecule has 0 aliphatic heterocycles. The molecule has 2 N–H and O–H groups in total. The predicted molar refractivity (Wildman–Crippen MR) is 67.8 cm³/mol. The fraction of sp³-hybridized carbons (Fsp3) is 0.462. The number of phenols is 1. The standard InChI is InChI=1S/C13H19NO4/c1-10-11(15)5-3-6-12(10)18-9-13(16)14-7-4-8-17-2/h3,5-6,15H,4,7-9H2,1-2H3,(H,14,16). The van der Waals surface area contributed by atoms with E-state index in [4.69, 9.17) is 9.47 Å². The van der Waals surface area contributed by atoms with Crippen LogP contribution in [-0.4, -0.2) is 37.9 Å². The van der Waals surface area contributed by atoms with Crippen molar-refractivity contribution >= 4 is 5.91 Å². The van der Waals surface area contributed by atoms with Crippen molar-refractivity contribution < 1.29 is 19.4 Å². The molecule has 0 aromatic heterocycles. The van der Waals surface area contributed by atoms with Crippen LogP contribution in [0.1, 0.15) is 12.0 Å². The molecule has 0 aliphatic carbocycles. The first-order valence-corrected chi connectivity index (χ1v) is 5.82. The van der Waals surface area contributed by atoms with E-state index in [1.807, 2.05) is 0 Å². The Bertz CT molecular complexity index is 393. The molecule has 0 atom stereocenters. The summed E-state index contributed by atoms with van der Waals surface area (Å²) in [7, 11) is 1.62. The molecule has 1 aromatic rings. The smallest absolute Gasteiger partial charge is 0.257 e. The van der Waals surface area contributed by atoms with Gasteiger partial charge in [-0.2, -0.15) is 0 Å². The van der Waals surface area contributed by atoms with E-state index in [0.29, 0.717) is 24.5 Å². The number of nitrogens with one attached hydrogen (secondary N) is 1. The fourth-order valence-corrected chi connectivity index (χ4v) is 1.40. The fourth-order valence-electron chi connectivity index (χ4n) is 1.40. The third-order valence-electron chi connectivity index (χ3n) is 2.46. The Balaban J connectivity index is 2.32. The minimum Gasteiger partial charge on any atom is -0.508 e. The van der Waals surface area contributed by atoms with Crippen LogP contribution in [0.2, 0.25) is 0 Å². The van der Waals surface area contributed by atoms with Gasteiger partial charge in [-0.1, -0.05) is 6.07 Å². The number of benzene rings is 1. The lowest BCUT2D eigenvalue weighted by atomic mass is 10.2. The molecule has 1 rings (SSSR count). The van der Waals surface area contributed by atoms with Gasteiger partial charge >= 0.3 is 0 Å². The topological polar surface area (TPSA) is 67.8 Å². The summed E-state index contributed by atoms with van der Waals surface area (Å²) in [5.41, 5.74) is 0.629. The van der Waals surface area contributed by atoms with Crippen LogP contribution in [0.25, 0.3) is 0 Å². The van der Waals surface area contributed by atoms with E-state index in [2.05, 4.69) is 5.32 Å². The van der Waals surface area contributed by atoms with Crippen molar-refractivity contribution in [3.63, 3.8) is 0 Å². The van der Waals surface area contributed by atoms with Gasteiger partial charge in [-0.25, -0.2) is 0 Å². The van der Waals surface area contributed by atoms with Gasteiger partial charge in [0.25, 0.3) is 5.91 Å². The number of rotatable bonds is 7. The van der Waals surface area contributed by atoms with Gasteiger partial charge in [-0.3, -0.25) is 4.79 Å². The third-order valence-corrected chi connectivity index (χ3v) is 2.46. The Kier molecular flexibility index (Phi) is 6.00. The Labute approximate surface area is 107 Å². The molecule has 1 aromatic carbocycles. The van der Waals surface area contributed by atoms with Crippen LogP contribution < -0.4 is 10.1 Å². The molecular weight excluding hydrogens is 234 g/mol. The Morgan fingerprint density at radius 2 is 2.22 bits per heavy atom. The summed E-state index contributed by atoms with van der Waals surface area (Å²) < 4.78 is 10.2. The highest BCUT2D eigenvalue weighted by molar-refractivity contribution is 5.77. The minimum atomic E-state index is -0.186. The zero-order chi connectivity index (χ0) is 13.4. The SMILES string of the molecule is COCCCNC(=O)COc1cccc(O)c1C. The molecule has 0 saturated heterocycles. The highest BCUT2D eigenvalue weighted by Gasteiger charge is 2.06. The van der Waals surface area contributed by atoms with Crippen LogP contribution in [0, 0.1) is 6.92 Å². The van der Waals surface area contributed by atoms with Gasteiger partial charge in [0.15, 0.2) is 6.61 Å². The van der Waals surface area contributed by atoms with E-state index in [-0.39, 0.29) is 18.3 Å². The van der Waals surface area contributed by atoms with Gasteiger partial charge in [0.2, 0.25) is 0 Å². The molecule has 0 aliphatic rings. The number of hydrogen-bond donors (Lipinski definition) is 2. The molecule has 0 radical (unpaired) electrons. The molecule has 0 bridgehead atoms. The van der Waals surface area contributed by atoms with Crippen molar-refractivity contribution in [1.29, 1.82) is 0 Å². The van der Waals surface area contributed by atoms with E-state index in [1.54, 1.807) is 32.2 Å². The van der Waals surface area contributed by atoms with Crippen molar-refractivity contribution in [3.8, 4) is 11.5 Å². The molecule has 5 nitrogen and oxygen atoms in total. The van der Waals surface area contributed by atoms with Crippen LogP contribution in [0.5, 0.6) is 11.5 Å². The maximum Gasteiger partial charge on any atom is 0.257 e. The summed E-state index contributed by atoms with van der Waals surface area (Å²) in [5.74, 6) is 0.490. The Hall–Kier alpha value is -1.75. The van der Waals surface area contributed by atoms with Gasteiger partial charge < -0.3 is 19.9 Å². The Morgan fingerprint density at radius 1 is 1.44 bits per heavy atom. The molecule has 0 heterocycles. The van der Waals surface area contributed by atoms with Crippen molar-refractivity contribution in [2.45, 2.75) is 13.3 Å². The average molecular weight is 253 g/mol. The van der Waals surface area contributed by atoms with Crippen molar-refractivity contribution in [2.75, 3.05) is 26.9 Å². The summed E-state index contributed by atoms with van der Waals surface area (Å²) in [6, 6.07) is 4.97. The van der Waals surface area contributed by atoms with Gasteiger partial charge in [-0.15, -0.1) is 0 Å². The molecule has 5 heteroatoms. The zero-order valence-corrected chi connectivity index (χ0v) is 10.7. The van der Waals surface area contributed by atoms with Crippen molar-refractivity contribution in [1.82, 2.24) is 5.32 Å². The quantitative estimate of drug-likeness (QED) is 0.717. The second-order valence-electron chi connectivity index (χ2n) is 3.89. The van der Waals surface area contributed by atoms with Gasteiger partial charge in [-0.05, 0) is 25.5 Å². The largest absolute Gasteiger partial charge is 0.508 e. The van der Waals surface area contributed by atoms with Crippen LogP contribution in [0.4, 0.5) is 0 Å². The third kappa shape index (κ3) is 4.63. The molecule has 0 fully saturated rings. The molecule has 1 amide bonds. The zero-order valence-electron chi connectivity index (χ0n) is 10.7. The normalized spacial score (nSPS) is 10.1. The summed E-state index contributed by atoms with van der Waals surface area (Å²) in [6.07, 6.45) is 0.771. The van der Waals surface area contributed by atoms with E-state index in [0.717, 1.165) is 6.42 Å². The molecule has 100 valence electrons. The van der Waals surface area contributed by atoms with E-state index >= 15 is 0 Å². The number of methoxy groups -OCH3 is 1. The van der Waals surface area contributed by atoms with E-state index in [9.17, 15) is 9.90 Å². The first-order valence-electron chi connectivity index (χ1n) is 5.82. The molecule has 18 heavy (non-hydrogen) atoms. The number of ether oxygens (including phenoxy) is 2. The first kappa shape index (κ1) is 14.3. The lowest BCUT2D eigenvalue weighted by Gasteiger charge is -2.10. The molecule has 0 spiro atoms. The Morgan fingerprint density at radius 3 is 2.94 bits per heavy atom. The second kappa shape index (κ2) is 7.55. The predicted octanol–water partition coefficient (Wildman–Crippen LogP) is 1.23. The lowest BCUT2D eigenvalue weighted by Crippen LogP contribution is -2.30. The van der Waals surface area contributed by atoms with Crippen LogP contribution in [0.3, 0.4) is 0 Å². The minimum absolute atomic E-state index is 0.0583. The van der Waals surface area contributed by atoms with Gasteiger partial charge in [0, 0.05) is 25.8 Å². The first-order chi connectivity index (χ1) is 8.65. The summed E-state index contributed by atoms with van der Waals surface area (Å²) in [5, 5.41) is 12.2. The van der Waals surface area contributed by atoms with Crippen molar-refractivity contribution in [2.24, 2.45) is 0 Å². The van der Waals surface area contributed by atoms with Gasteiger partial charge in [0.05, 0.1) is 0 Å². The van der Waals surface area contributed by atoms with E-state index in [1.165, 1.54) is 0 Å². The number of carbonyl (C=O) groups is 1. The monoisotopic (exact) mass is 253 g/mol. The summed E-state index contributed by atoms with van der Waals surface area (Å²) >= 11 is 0. The van der Waals surface area contributed by atoms with Crippen molar-refractivity contribution in [3.05, 3.63) is 23.8 Å². The molecule has 0 unspecified atom stereocenters. The highest BCUT2D eigenvalue weighted by atomic mass is 16.5. The maximum atomic E-state index is 11.4. The maximum absolute atomic E-state index is 11.4. The number of aromatic hydroxyl groups is 1. The van der Waals surface area contributed by atoms with Crippen LogP contribution in [0.15, 0.2) is 18.2 Å². The van der Waals surface area contributed by atoms with Gasteiger partial charge in [0.1, 0.15) is 11.5 Å². The van der Waals surface area contributed by atoms with Crippen LogP contribution >= 0.6 is 0 Å². The average Bonchev–Trinajstić information content (AvgIpc) is 2.36. The van der Waals surface area contributed by atoms with E-state index < -0.39 is 0 Å². The van der Waals surface area contributed by atoms with Crippen LogP contribution in [-0.2, 0) is 9.53 Å². The molecule has 0 saturated carbocycles. The summed E-state index contributed by atoms with van der Waals surface area (Å²) in [6.45, 7) is 2.86. The number of amides is 1. The highest BCUT2D eigenvalue weighted by Crippen LogP contribution is 2.25. The lowest BCUT2D eigenvalue weighted by molar-refractivity contribution is -0.123. The second-order valence-corrected chi connectivity index (χ2v) is 3.89. The number of hydrogen-bond acceptors (Lipinski definition) is 4. The molecular formula is C13H19NO4. The number of phenolic OH excluding ortho intramolecular Hbond substituents is 1. The number of carbonyl (C=O) groups excluding carboxylic acids is 1. The summed E-state index contributed by atoms with van der Waals surface area (Å²) in [4.78, 5) is 11.4.